The third-order valence-corrected chi connectivity index (χ3v) is 2.43. The topological polar surface area (TPSA) is 42.0 Å². The van der Waals surface area contributed by atoms with Gasteiger partial charge in [0, 0.05) is 4.88 Å². The van der Waals surface area contributed by atoms with Crippen molar-refractivity contribution in [2.45, 2.75) is 13.8 Å². The van der Waals surface area contributed by atoms with Crippen molar-refractivity contribution in [1.29, 1.82) is 0 Å². The summed E-state index contributed by atoms with van der Waals surface area (Å²) in [5.74, 6) is -0.219. The number of hydrogen-bond acceptors (Lipinski definition) is 3. The van der Waals surface area contributed by atoms with Crippen molar-refractivity contribution in [2.75, 3.05) is 5.32 Å². The molecule has 1 N–H and O–H groups in total. The number of rotatable bonds is 2. The van der Waals surface area contributed by atoms with Crippen molar-refractivity contribution in [3.63, 3.8) is 0 Å². The van der Waals surface area contributed by atoms with Crippen LogP contribution in [-0.4, -0.2) is 10.9 Å². The van der Waals surface area contributed by atoms with E-state index in [1.54, 1.807) is 0 Å². The molecule has 0 radical (unpaired) electrons. The first-order valence-electron chi connectivity index (χ1n) is 3.51. The smallest absolute Gasteiger partial charge is 0.249 e. The lowest BCUT2D eigenvalue weighted by molar-refractivity contribution is -0.111. The minimum atomic E-state index is -0.219. The minimum absolute atomic E-state index is 0.219. The number of carbonyl (C=O) groups is 1. The van der Waals surface area contributed by atoms with E-state index in [2.05, 4.69) is 16.9 Å². The Morgan fingerprint density at radius 2 is 2.33 bits per heavy atom. The van der Waals surface area contributed by atoms with Crippen LogP contribution in [0.2, 0.25) is 0 Å². The van der Waals surface area contributed by atoms with Crippen LogP contribution in [-0.2, 0) is 4.79 Å². The summed E-state index contributed by atoms with van der Waals surface area (Å²) < 4.78 is 0. The van der Waals surface area contributed by atoms with Crippen molar-refractivity contribution < 1.29 is 4.79 Å². The van der Waals surface area contributed by atoms with Crippen LogP contribution < -0.4 is 5.32 Å². The van der Waals surface area contributed by atoms with Crippen molar-refractivity contribution >= 4 is 22.4 Å². The Morgan fingerprint density at radius 3 is 2.75 bits per heavy atom. The molecule has 0 aliphatic carbocycles. The highest BCUT2D eigenvalue weighted by Gasteiger charge is 2.04. The second-order valence-corrected chi connectivity index (χ2v) is 3.56. The second kappa shape index (κ2) is 3.49. The lowest BCUT2D eigenvalue weighted by Crippen LogP contribution is -2.06. The van der Waals surface area contributed by atoms with Crippen LogP contribution in [0.15, 0.2) is 12.7 Å². The molecule has 64 valence electrons. The largest absolute Gasteiger partial charge is 0.298 e. The first kappa shape index (κ1) is 8.93. The van der Waals surface area contributed by atoms with E-state index in [-0.39, 0.29) is 5.91 Å². The molecule has 0 aliphatic rings. The zero-order valence-electron chi connectivity index (χ0n) is 7.05. The van der Waals surface area contributed by atoms with E-state index in [4.69, 9.17) is 0 Å². The molecule has 0 spiro atoms. The molecule has 3 nitrogen and oxygen atoms in total. The van der Waals surface area contributed by atoms with Gasteiger partial charge in [-0.05, 0) is 19.9 Å². The molecule has 0 unspecified atom stereocenters. The summed E-state index contributed by atoms with van der Waals surface area (Å²) in [6.07, 6.45) is 1.23. The van der Waals surface area contributed by atoms with E-state index in [1.807, 2.05) is 13.8 Å². The fourth-order valence-corrected chi connectivity index (χ4v) is 1.50. The van der Waals surface area contributed by atoms with Crippen LogP contribution in [0.25, 0.3) is 0 Å². The van der Waals surface area contributed by atoms with E-state index in [9.17, 15) is 4.79 Å². The molecule has 0 aromatic carbocycles. The van der Waals surface area contributed by atoms with E-state index in [0.717, 1.165) is 10.6 Å². The first-order chi connectivity index (χ1) is 5.63. The number of thiazole rings is 1. The third kappa shape index (κ3) is 1.92. The molecular formula is C8H10N2OS. The van der Waals surface area contributed by atoms with Gasteiger partial charge in [0.2, 0.25) is 5.91 Å². The fourth-order valence-electron chi connectivity index (χ4n) is 0.683. The van der Waals surface area contributed by atoms with Gasteiger partial charge in [0.15, 0.2) is 5.13 Å². The number of amides is 1. The zero-order chi connectivity index (χ0) is 9.14. The Morgan fingerprint density at radius 1 is 1.67 bits per heavy atom. The molecule has 4 heteroatoms. The molecule has 0 aliphatic heterocycles. The quantitative estimate of drug-likeness (QED) is 0.709. The lowest BCUT2D eigenvalue weighted by Gasteiger charge is -1.92. The molecule has 0 fully saturated rings. The van der Waals surface area contributed by atoms with Crippen LogP contribution in [0.1, 0.15) is 10.6 Å². The summed E-state index contributed by atoms with van der Waals surface area (Å²) in [4.78, 5) is 16.1. The summed E-state index contributed by atoms with van der Waals surface area (Å²) in [6, 6.07) is 0. The number of aromatic nitrogens is 1. The van der Waals surface area contributed by atoms with Crippen LogP contribution >= 0.6 is 11.3 Å². The van der Waals surface area contributed by atoms with Crippen LogP contribution in [0.5, 0.6) is 0 Å². The Kier molecular flexibility index (Phi) is 2.60. The summed E-state index contributed by atoms with van der Waals surface area (Å²) in [6.45, 7) is 7.23. The van der Waals surface area contributed by atoms with Gasteiger partial charge in [0.1, 0.15) is 0 Å². The molecule has 0 saturated carbocycles. The molecule has 0 atom stereocenters. The van der Waals surface area contributed by atoms with Gasteiger partial charge < -0.3 is 0 Å². The number of nitrogens with zero attached hydrogens (tertiary/aromatic N) is 1. The summed E-state index contributed by atoms with van der Waals surface area (Å²) in [7, 11) is 0. The third-order valence-electron chi connectivity index (χ3n) is 1.44. The number of carbonyl (C=O) groups excluding carboxylic acids is 1. The van der Waals surface area contributed by atoms with Crippen LogP contribution in [0.4, 0.5) is 5.13 Å². The maximum atomic E-state index is 10.8. The highest BCUT2D eigenvalue weighted by Crippen LogP contribution is 2.20. The van der Waals surface area contributed by atoms with Gasteiger partial charge >= 0.3 is 0 Å². The van der Waals surface area contributed by atoms with Gasteiger partial charge in [0.05, 0.1) is 5.69 Å². The normalized spacial score (nSPS) is 9.50. The van der Waals surface area contributed by atoms with Gasteiger partial charge in [-0.3, -0.25) is 10.1 Å². The average molecular weight is 182 g/mol. The van der Waals surface area contributed by atoms with E-state index in [0.29, 0.717) is 5.13 Å². The van der Waals surface area contributed by atoms with Crippen molar-refractivity contribution in [3.05, 3.63) is 23.2 Å². The number of hydrogen-bond donors (Lipinski definition) is 1. The molecule has 1 amide bonds. The van der Waals surface area contributed by atoms with Crippen molar-refractivity contribution in [2.24, 2.45) is 0 Å². The predicted molar refractivity (Wildman–Crippen MR) is 50.4 cm³/mol. The maximum absolute atomic E-state index is 10.8. The highest BCUT2D eigenvalue weighted by atomic mass is 32.1. The summed E-state index contributed by atoms with van der Waals surface area (Å²) in [5, 5.41) is 3.24. The van der Waals surface area contributed by atoms with Gasteiger partial charge in [0.25, 0.3) is 0 Å². The fraction of sp³-hybridized carbons (Fsp3) is 0.250. The van der Waals surface area contributed by atoms with Gasteiger partial charge in [-0.1, -0.05) is 6.58 Å². The SMILES string of the molecule is C=CC(=O)Nc1nc(C)c(C)s1. The Labute approximate surface area is 75.1 Å². The standard InChI is InChI=1S/C8H10N2OS/c1-4-7(11)10-8-9-5(2)6(3)12-8/h4H,1H2,2-3H3,(H,9,10,11). The molecule has 0 bridgehead atoms. The van der Waals surface area contributed by atoms with E-state index in [1.165, 1.54) is 17.4 Å². The summed E-state index contributed by atoms with van der Waals surface area (Å²) in [5.41, 5.74) is 0.958. The molecule has 1 rings (SSSR count). The average Bonchev–Trinajstić information content (AvgIpc) is 2.31. The van der Waals surface area contributed by atoms with Crippen molar-refractivity contribution in [3.8, 4) is 0 Å². The van der Waals surface area contributed by atoms with E-state index >= 15 is 0 Å². The molecule has 1 aromatic rings. The molecule has 0 saturated heterocycles. The van der Waals surface area contributed by atoms with Gasteiger partial charge in [-0.2, -0.15) is 0 Å². The Balaban J connectivity index is 2.76. The number of aryl methyl sites for hydroxylation is 2. The van der Waals surface area contributed by atoms with E-state index < -0.39 is 0 Å². The molecular weight excluding hydrogens is 172 g/mol. The molecule has 12 heavy (non-hydrogen) atoms. The monoisotopic (exact) mass is 182 g/mol. The number of anilines is 1. The minimum Gasteiger partial charge on any atom is -0.298 e. The Bertz CT molecular complexity index is 297. The lowest BCUT2D eigenvalue weighted by atomic mass is 10.4. The van der Waals surface area contributed by atoms with Crippen LogP contribution in [0.3, 0.4) is 0 Å². The van der Waals surface area contributed by atoms with Crippen LogP contribution in [0, 0.1) is 13.8 Å². The number of nitrogens with one attached hydrogen (secondary N) is 1. The highest BCUT2D eigenvalue weighted by molar-refractivity contribution is 7.15. The second-order valence-electron chi connectivity index (χ2n) is 2.35. The van der Waals surface area contributed by atoms with Gasteiger partial charge in [-0.15, -0.1) is 11.3 Å². The predicted octanol–water partition coefficient (Wildman–Crippen LogP) is 1.88. The van der Waals surface area contributed by atoms with Gasteiger partial charge in [-0.25, -0.2) is 4.98 Å². The molecule has 1 aromatic heterocycles. The Hall–Kier alpha value is -1.16. The molecule has 1 heterocycles. The summed E-state index contributed by atoms with van der Waals surface area (Å²) >= 11 is 1.47. The first-order valence-corrected chi connectivity index (χ1v) is 4.32. The zero-order valence-corrected chi connectivity index (χ0v) is 7.86. The maximum Gasteiger partial charge on any atom is 0.249 e. The van der Waals surface area contributed by atoms with Crippen molar-refractivity contribution in [1.82, 2.24) is 4.98 Å².